The first-order chi connectivity index (χ1) is 4.74. The lowest BCUT2D eigenvalue weighted by Gasteiger charge is -2.36. The average molecular weight is 141 g/mol. The van der Waals surface area contributed by atoms with Crippen LogP contribution >= 0.6 is 0 Å². The summed E-state index contributed by atoms with van der Waals surface area (Å²) in [4.78, 5) is 0. The monoisotopic (exact) mass is 141 g/mol. The van der Waals surface area contributed by atoms with Gasteiger partial charge >= 0.3 is 0 Å². The Labute approximate surface area is 64.0 Å². The summed E-state index contributed by atoms with van der Waals surface area (Å²) in [6, 6.07) is 0.532. The second kappa shape index (κ2) is 3.38. The summed E-state index contributed by atoms with van der Waals surface area (Å²) < 4.78 is 0. The van der Waals surface area contributed by atoms with E-state index in [1.165, 1.54) is 25.7 Å². The molecule has 10 heavy (non-hydrogen) atoms. The molecule has 0 aromatic carbocycles. The topological polar surface area (TPSA) is 26.0 Å². The van der Waals surface area contributed by atoms with Crippen molar-refractivity contribution in [2.24, 2.45) is 17.6 Å². The maximum absolute atomic E-state index is 5.70. The highest BCUT2D eigenvalue weighted by Crippen LogP contribution is 2.34. The average Bonchev–Trinajstić information content (AvgIpc) is 1.82. The predicted molar refractivity (Wildman–Crippen MR) is 44.8 cm³/mol. The number of nitrogens with two attached hydrogens (primary N) is 1. The molecule has 1 heteroatoms. The van der Waals surface area contributed by atoms with E-state index in [-0.39, 0.29) is 0 Å². The van der Waals surface area contributed by atoms with Gasteiger partial charge in [-0.05, 0) is 24.7 Å². The molecule has 1 fully saturated rings. The zero-order chi connectivity index (χ0) is 7.56. The molecule has 0 spiro atoms. The molecule has 1 aliphatic carbocycles. The van der Waals surface area contributed by atoms with Crippen LogP contribution in [-0.4, -0.2) is 6.04 Å². The Hall–Kier alpha value is -0.0400. The molecule has 0 aliphatic heterocycles. The van der Waals surface area contributed by atoms with Gasteiger partial charge in [0.2, 0.25) is 0 Å². The summed E-state index contributed by atoms with van der Waals surface area (Å²) in [5.41, 5.74) is 5.70. The molecule has 1 atom stereocenters. The molecule has 1 rings (SSSR count). The first-order valence-electron chi connectivity index (χ1n) is 4.49. The molecule has 0 aromatic heterocycles. The van der Waals surface area contributed by atoms with Crippen LogP contribution < -0.4 is 5.73 Å². The molecule has 0 bridgehead atoms. The quantitative estimate of drug-likeness (QED) is 0.640. The lowest BCUT2D eigenvalue weighted by Crippen LogP contribution is -2.39. The van der Waals surface area contributed by atoms with Gasteiger partial charge in [0.1, 0.15) is 0 Å². The zero-order valence-corrected chi connectivity index (χ0v) is 7.14. The van der Waals surface area contributed by atoms with Crippen LogP contribution in [0.25, 0.3) is 0 Å². The van der Waals surface area contributed by atoms with Gasteiger partial charge in [0.15, 0.2) is 0 Å². The lowest BCUT2D eigenvalue weighted by atomic mass is 9.72. The highest BCUT2D eigenvalue weighted by molar-refractivity contribution is 4.84. The van der Waals surface area contributed by atoms with Gasteiger partial charge in [0.05, 0.1) is 0 Å². The second-order valence-corrected chi connectivity index (χ2v) is 3.76. The molecule has 1 unspecified atom stereocenters. The van der Waals surface area contributed by atoms with Crippen LogP contribution in [0.2, 0.25) is 0 Å². The van der Waals surface area contributed by atoms with Crippen LogP contribution in [0, 0.1) is 11.8 Å². The summed E-state index contributed by atoms with van der Waals surface area (Å²) in [5, 5.41) is 0. The summed E-state index contributed by atoms with van der Waals surface area (Å²) in [6.45, 7) is 4.62. The Bertz CT molecular complexity index is 92.1. The van der Waals surface area contributed by atoms with Gasteiger partial charge in [-0.1, -0.05) is 26.7 Å². The Morgan fingerprint density at radius 1 is 1.50 bits per heavy atom. The van der Waals surface area contributed by atoms with E-state index in [1.54, 1.807) is 0 Å². The van der Waals surface area contributed by atoms with Crippen LogP contribution in [0.1, 0.15) is 39.5 Å². The second-order valence-electron chi connectivity index (χ2n) is 3.76. The first kappa shape index (κ1) is 8.06. The van der Waals surface area contributed by atoms with Gasteiger partial charge < -0.3 is 5.73 Å². The van der Waals surface area contributed by atoms with Crippen molar-refractivity contribution in [1.29, 1.82) is 0 Å². The molecule has 1 aliphatic rings. The standard InChI is InChI=1S/C9H19N/c1-3-4-7(2)8-5-9(10)6-8/h7-9H,3-6,10H2,1-2H3. The van der Waals surface area contributed by atoms with Crippen LogP contribution in [-0.2, 0) is 0 Å². The van der Waals surface area contributed by atoms with Crippen molar-refractivity contribution < 1.29 is 0 Å². The molecule has 1 saturated carbocycles. The minimum absolute atomic E-state index is 0.532. The molecule has 0 amide bonds. The van der Waals surface area contributed by atoms with E-state index in [2.05, 4.69) is 13.8 Å². The fourth-order valence-electron chi connectivity index (χ4n) is 1.86. The minimum atomic E-state index is 0.532. The molecule has 1 nitrogen and oxygen atoms in total. The largest absolute Gasteiger partial charge is 0.328 e. The third-order valence-corrected chi connectivity index (χ3v) is 2.76. The van der Waals surface area contributed by atoms with E-state index < -0.39 is 0 Å². The van der Waals surface area contributed by atoms with Crippen molar-refractivity contribution in [2.75, 3.05) is 0 Å². The summed E-state index contributed by atoms with van der Waals surface area (Å²) in [6.07, 6.45) is 5.27. The smallest absolute Gasteiger partial charge is 0.00443 e. The zero-order valence-electron chi connectivity index (χ0n) is 7.14. The summed E-state index contributed by atoms with van der Waals surface area (Å²) in [5.74, 6) is 1.87. The molecule has 0 saturated heterocycles. The molecule has 0 heterocycles. The van der Waals surface area contributed by atoms with Crippen LogP contribution in [0.4, 0.5) is 0 Å². The minimum Gasteiger partial charge on any atom is -0.328 e. The first-order valence-corrected chi connectivity index (χ1v) is 4.49. The van der Waals surface area contributed by atoms with Gasteiger partial charge in [-0.25, -0.2) is 0 Å². The van der Waals surface area contributed by atoms with Gasteiger partial charge in [-0.3, -0.25) is 0 Å². The molecular formula is C9H19N. The van der Waals surface area contributed by atoms with E-state index in [0.29, 0.717) is 6.04 Å². The number of rotatable bonds is 3. The third-order valence-electron chi connectivity index (χ3n) is 2.76. The van der Waals surface area contributed by atoms with Gasteiger partial charge in [0, 0.05) is 6.04 Å². The van der Waals surface area contributed by atoms with E-state index in [9.17, 15) is 0 Å². The van der Waals surface area contributed by atoms with Gasteiger partial charge in [0.25, 0.3) is 0 Å². The SMILES string of the molecule is CCCC(C)C1CC(N)C1. The molecular weight excluding hydrogens is 122 g/mol. The van der Waals surface area contributed by atoms with E-state index in [1.807, 2.05) is 0 Å². The lowest BCUT2D eigenvalue weighted by molar-refractivity contribution is 0.178. The highest BCUT2D eigenvalue weighted by atomic mass is 14.7. The Balaban J connectivity index is 2.11. The van der Waals surface area contributed by atoms with Crippen LogP contribution in [0.3, 0.4) is 0 Å². The molecule has 60 valence electrons. The maximum Gasteiger partial charge on any atom is 0.00443 e. The number of hydrogen-bond acceptors (Lipinski definition) is 1. The third kappa shape index (κ3) is 1.72. The fourth-order valence-corrected chi connectivity index (χ4v) is 1.86. The summed E-state index contributed by atoms with van der Waals surface area (Å²) >= 11 is 0. The Morgan fingerprint density at radius 3 is 2.50 bits per heavy atom. The normalized spacial score (nSPS) is 35.1. The highest BCUT2D eigenvalue weighted by Gasteiger charge is 2.29. The molecule has 0 aromatic rings. The van der Waals surface area contributed by atoms with Crippen molar-refractivity contribution in [2.45, 2.75) is 45.6 Å². The molecule has 2 N–H and O–H groups in total. The fraction of sp³-hybridized carbons (Fsp3) is 1.00. The number of hydrogen-bond donors (Lipinski definition) is 1. The van der Waals surface area contributed by atoms with Crippen LogP contribution in [0.15, 0.2) is 0 Å². The molecule has 0 radical (unpaired) electrons. The van der Waals surface area contributed by atoms with Crippen molar-refractivity contribution in [1.82, 2.24) is 0 Å². The van der Waals surface area contributed by atoms with E-state index in [4.69, 9.17) is 5.73 Å². The predicted octanol–water partition coefficient (Wildman–Crippen LogP) is 2.16. The van der Waals surface area contributed by atoms with Crippen molar-refractivity contribution in [3.63, 3.8) is 0 Å². The van der Waals surface area contributed by atoms with Gasteiger partial charge in [-0.2, -0.15) is 0 Å². The van der Waals surface area contributed by atoms with Crippen molar-refractivity contribution >= 4 is 0 Å². The Kier molecular flexibility index (Phi) is 2.72. The van der Waals surface area contributed by atoms with Gasteiger partial charge in [-0.15, -0.1) is 0 Å². The maximum atomic E-state index is 5.70. The van der Waals surface area contributed by atoms with E-state index in [0.717, 1.165) is 11.8 Å². The van der Waals surface area contributed by atoms with Crippen molar-refractivity contribution in [3.8, 4) is 0 Å². The summed E-state index contributed by atoms with van der Waals surface area (Å²) in [7, 11) is 0. The van der Waals surface area contributed by atoms with Crippen LogP contribution in [0.5, 0.6) is 0 Å². The van der Waals surface area contributed by atoms with E-state index >= 15 is 0 Å². The van der Waals surface area contributed by atoms with Crippen molar-refractivity contribution in [3.05, 3.63) is 0 Å². The Morgan fingerprint density at radius 2 is 2.10 bits per heavy atom.